The van der Waals surface area contributed by atoms with Crippen molar-refractivity contribution in [3.8, 4) is 11.8 Å². The molecule has 3 heterocycles. The van der Waals surface area contributed by atoms with Crippen molar-refractivity contribution >= 4 is 0 Å². The average molecular weight is 341 g/mol. The van der Waals surface area contributed by atoms with Crippen LogP contribution in [-0.2, 0) is 10.3 Å². The van der Waals surface area contributed by atoms with Gasteiger partial charge in [0.25, 0.3) is 0 Å². The van der Waals surface area contributed by atoms with Gasteiger partial charge in [0.05, 0.1) is 0 Å². The Bertz CT molecular complexity index is 612. The Labute approximate surface area is 152 Å². The number of rotatable bonds is 6. The van der Waals surface area contributed by atoms with E-state index in [4.69, 9.17) is 4.74 Å². The zero-order valence-electron chi connectivity index (χ0n) is 15.6. The first-order valence-corrected chi connectivity index (χ1v) is 9.71. The number of aliphatic hydroxyl groups is 1. The summed E-state index contributed by atoms with van der Waals surface area (Å²) in [6.07, 6.45) is 6.18. The van der Waals surface area contributed by atoms with Gasteiger partial charge in [0.15, 0.2) is 5.60 Å². The van der Waals surface area contributed by atoms with Crippen molar-refractivity contribution < 1.29 is 9.84 Å². The Morgan fingerprint density at radius 2 is 1.96 bits per heavy atom. The average Bonchev–Trinajstić information content (AvgIpc) is 2.68. The number of hydrogen-bond acceptors (Lipinski definition) is 3. The number of methoxy groups -OCH3 is 1. The molecule has 1 aromatic carbocycles. The molecule has 3 fully saturated rings. The van der Waals surface area contributed by atoms with Crippen LogP contribution >= 0.6 is 0 Å². The van der Waals surface area contributed by atoms with Gasteiger partial charge in [-0.2, -0.15) is 0 Å². The van der Waals surface area contributed by atoms with E-state index in [-0.39, 0.29) is 0 Å². The molecule has 0 aromatic heterocycles. The number of ether oxygens (including phenoxy) is 1. The van der Waals surface area contributed by atoms with E-state index in [1.165, 1.54) is 0 Å². The molecule has 3 saturated heterocycles. The Morgan fingerprint density at radius 1 is 1.24 bits per heavy atom. The third kappa shape index (κ3) is 3.92. The maximum absolute atomic E-state index is 11.4. The summed E-state index contributed by atoms with van der Waals surface area (Å²) in [5.74, 6) is 7.17. The molecule has 0 radical (unpaired) electrons. The quantitative estimate of drug-likeness (QED) is 0.634. The summed E-state index contributed by atoms with van der Waals surface area (Å²) in [7, 11) is 1.77. The minimum Gasteiger partial charge on any atom is -0.373 e. The first-order valence-electron chi connectivity index (χ1n) is 9.71. The van der Waals surface area contributed by atoms with Gasteiger partial charge in [-0.15, -0.1) is 0 Å². The highest BCUT2D eigenvalue weighted by molar-refractivity contribution is 5.34. The summed E-state index contributed by atoms with van der Waals surface area (Å²) in [5.41, 5.74) is -0.621. The second-order valence-corrected chi connectivity index (χ2v) is 7.58. The Hall–Kier alpha value is -1.34. The van der Waals surface area contributed by atoms with Crippen molar-refractivity contribution in [1.82, 2.24) is 4.90 Å². The molecule has 3 nitrogen and oxygen atoms in total. The van der Waals surface area contributed by atoms with Crippen LogP contribution in [0.4, 0.5) is 0 Å². The summed E-state index contributed by atoms with van der Waals surface area (Å²) >= 11 is 0. The fraction of sp³-hybridized carbons (Fsp3) is 0.636. The van der Waals surface area contributed by atoms with Crippen LogP contribution in [0.25, 0.3) is 0 Å². The SMILES string of the molecule is CCCCCC(O)(C#C[C@@]1(OC)CN2CCC1CC2)c1ccccc1. The molecule has 3 heteroatoms. The van der Waals surface area contributed by atoms with Crippen molar-refractivity contribution in [2.24, 2.45) is 5.92 Å². The second-order valence-electron chi connectivity index (χ2n) is 7.58. The predicted octanol–water partition coefficient (Wildman–Crippen LogP) is 3.57. The van der Waals surface area contributed by atoms with E-state index in [0.29, 0.717) is 12.3 Å². The van der Waals surface area contributed by atoms with E-state index in [0.717, 1.165) is 57.3 Å². The Morgan fingerprint density at radius 3 is 2.52 bits per heavy atom. The van der Waals surface area contributed by atoms with Crippen LogP contribution in [0.5, 0.6) is 0 Å². The fourth-order valence-electron chi connectivity index (χ4n) is 4.28. The van der Waals surface area contributed by atoms with Crippen LogP contribution in [0.2, 0.25) is 0 Å². The van der Waals surface area contributed by atoms with Crippen molar-refractivity contribution in [2.75, 3.05) is 26.7 Å². The third-order valence-corrected chi connectivity index (χ3v) is 5.94. The highest BCUT2D eigenvalue weighted by Gasteiger charge is 2.46. The molecule has 3 aliphatic rings. The zero-order valence-corrected chi connectivity index (χ0v) is 15.6. The van der Waals surface area contributed by atoms with E-state index >= 15 is 0 Å². The van der Waals surface area contributed by atoms with Gasteiger partial charge in [0, 0.05) is 19.6 Å². The van der Waals surface area contributed by atoms with Gasteiger partial charge < -0.3 is 9.84 Å². The van der Waals surface area contributed by atoms with Gasteiger partial charge in [0.1, 0.15) is 5.60 Å². The standard InChI is InChI=1S/C22H31NO2/c1-3-4-8-13-21(24,19-9-6-5-7-10-19)14-15-22(25-2)18-23-16-11-20(22)12-17-23/h5-7,9-10,20,24H,3-4,8,11-13,16-18H2,1-2H3/t21?,22-/m1/s1. The summed E-state index contributed by atoms with van der Waals surface area (Å²) in [6.45, 7) is 5.34. The zero-order chi connectivity index (χ0) is 17.8. The normalized spacial score (nSPS) is 30.4. The van der Waals surface area contributed by atoms with Crippen LogP contribution in [0.15, 0.2) is 30.3 Å². The lowest BCUT2D eigenvalue weighted by Gasteiger charge is -2.49. The molecule has 1 unspecified atom stereocenters. The number of piperidine rings is 3. The number of unbranched alkanes of at least 4 members (excludes halogenated alkanes) is 2. The molecular formula is C22H31NO2. The van der Waals surface area contributed by atoms with Gasteiger partial charge in [-0.1, -0.05) is 61.9 Å². The first-order chi connectivity index (χ1) is 12.1. The fourth-order valence-corrected chi connectivity index (χ4v) is 4.28. The van der Waals surface area contributed by atoms with Crippen molar-refractivity contribution in [3.05, 3.63) is 35.9 Å². The highest BCUT2D eigenvalue weighted by atomic mass is 16.5. The van der Waals surface area contributed by atoms with Gasteiger partial charge in [-0.3, -0.25) is 4.90 Å². The van der Waals surface area contributed by atoms with Crippen molar-refractivity contribution in [2.45, 2.75) is 56.7 Å². The topological polar surface area (TPSA) is 32.7 Å². The molecule has 0 aliphatic carbocycles. The van der Waals surface area contributed by atoms with Crippen LogP contribution in [0, 0.1) is 17.8 Å². The maximum atomic E-state index is 11.4. The van der Waals surface area contributed by atoms with Crippen LogP contribution in [0.1, 0.15) is 51.0 Å². The number of benzene rings is 1. The molecule has 136 valence electrons. The molecule has 0 amide bonds. The second kappa shape index (κ2) is 7.91. The molecule has 3 aliphatic heterocycles. The van der Waals surface area contributed by atoms with E-state index in [2.05, 4.69) is 23.7 Å². The number of hydrogen-bond donors (Lipinski definition) is 1. The van der Waals surface area contributed by atoms with E-state index in [1.54, 1.807) is 7.11 Å². The molecule has 0 saturated carbocycles. The highest BCUT2D eigenvalue weighted by Crippen LogP contribution is 2.38. The molecule has 2 bridgehead atoms. The predicted molar refractivity (Wildman–Crippen MR) is 101 cm³/mol. The van der Waals surface area contributed by atoms with Gasteiger partial charge >= 0.3 is 0 Å². The van der Waals surface area contributed by atoms with Crippen molar-refractivity contribution in [1.29, 1.82) is 0 Å². The smallest absolute Gasteiger partial charge is 0.151 e. The summed E-state index contributed by atoms with van der Waals surface area (Å²) in [4.78, 5) is 2.44. The molecule has 0 spiro atoms. The maximum Gasteiger partial charge on any atom is 0.151 e. The third-order valence-electron chi connectivity index (χ3n) is 5.94. The summed E-state index contributed by atoms with van der Waals surface area (Å²) in [5, 5.41) is 11.4. The number of nitrogens with zero attached hydrogens (tertiary/aromatic N) is 1. The number of fused-ring (bicyclic) bond motifs is 3. The molecule has 1 aromatic rings. The van der Waals surface area contributed by atoms with E-state index in [9.17, 15) is 5.11 Å². The van der Waals surface area contributed by atoms with E-state index < -0.39 is 11.2 Å². The lowest BCUT2D eigenvalue weighted by molar-refractivity contribution is -0.0965. The van der Waals surface area contributed by atoms with E-state index in [1.807, 2.05) is 30.3 Å². The molecule has 1 N–H and O–H groups in total. The molecule has 4 rings (SSSR count). The van der Waals surface area contributed by atoms with Gasteiger partial charge in [-0.05, 0) is 44.3 Å². The minimum atomic E-state index is -1.09. The molecule has 2 atom stereocenters. The summed E-state index contributed by atoms with van der Waals surface area (Å²) < 4.78 is 5.94. The molecular weight excluding hydrogens is 310 g/mol. The lowest BCUT2D eigenvalue weighted by Crippen LogP contribution is -2.59. The summed E-state index contributed by atoms with van der Waals surface area (Å²) in [6, 6.07) is 9.89. The molecule has 25 heavy (non-hydrogen) atoms. The van der Waals surface area contributed by atoms with Crippen LogP contribution in [-0.4, -0.2) is 42.4 Å². The van der Waals surface area contributed by atoms with Gasteiger partial charge in [-0.25, -0.2) is 0 Å². The van der Waals surface area contributed by atoms with Crippen LogP contribution in [0.3, 0.4) is 0 Å². The largest absolute Gasteiger partial charge is 0.373 e. The Kier molecular flexibility index (Phi) is 5.84. The van der Waals surface area contributed by atoms with Crippen molar-refractivity contribution in [3.63, 3.8) is 0 Å². The first kappa shape index (κ1) is 18.5. The lowest BCUT2D eigenvalue weighted by atomic mass is 9.75. The van der Waals surface area contributed by atoms with Crippen LogP contribution < -0.4 is 0 Å². The van der Waals surface area contributed by atoms with Gasteiger partial charge in [0.2, 0.25) is 0 Å². The Balaban J connectivity index is 1.88. The monoisotopic (exact) mass is 341 g/mol. The minimum absolute atomic E-state index is 0.427.